The molecular formula is C26H23N5O3. The number of amides is 1. The van der Waals surface area contributed by atoms with Gasteiger partial charge < -0.3 is 14.8 Å². The highest BCUT2D eigenvalue weighted by molar-refractivity contribution is 6.02. The van der Waals surface area contributed by atoms with Gasteiger partial charge in [0.2, 0.25) is 12.7 Å². The summed E-state index contributed by atoms with van der Waals surface area (Å²) < 4.78 is 10.9. The first kappa shape index (κ1) is 20.4. The summed E-state index contributed by atoms with van der Waals surface area (Å²) in [5.41, 5.74) is 6.55. The third-order valence-electron chi connectivity index (χ3n) is 6.74. The molecule has 34 heavy (non-hydrogen) atoms. The number of fused-ring (bicyclic) bond motifs is 1. The molecule has 4 aromatic rings. The monoisotopic (exact) mass is 453 g/mol. The number of aryl methyl sites for hydroxylation is 2. The minimum atomic E-state index is -0.519. The van der Waals surface area contributed by atoms with Crippen LogP contribution in [0.5, 0.6) is 11.5 Å². The van der Waals surface area contributed by atoms with Crippen LogP contribution in [-0.2, 0) is 10.2 Å². The average molecular weight is 454 g/mol. The minimum Gasteiger partial charge on any atom is -0.454 e. The van der Waals surface area contributed by atoms with E-state index in [1.807, 2.05) is 42.5 Å². The number of nitrogens with one attached hydrogen (secondary N) is 2. The maximum Gasteiger partial charge on any atom is 0.235 e. The first-order valence-corrected chi connectivity index (χ1v) is 11.2. The Labute approximate surface area is 196 Å². The van der Waals surface area contributed by atoms with E-state index in [0.29, 0.717) is 11.6 Å². The van der Waals surface area contributed by atoms with Crippen LogP contribution < -0.4 is 14.8 Å². The Hall–Kier alpha value is -4.20. The third-order valence-corrected chi connectivity index (χ3v) is 6.74. The van der Waals surface area contributed by atoms with Crippen molar-refractivity contribution >= 4 is 11.6 Å². The first-order chi connectivity index (χ1) is 16.5. The lowest BCUT2D eigenvalue weighted by Gasteiger charge is -2.18. The fourth-order valence-electron chi connectivity index (χ4n) is 4.60. The molecule has 1 saturated carbocycles. The number of hydrogen-bond donors (Lipinski definition) is 2. The van der Waals surface area contributed by atoms with Crippen molar-refractivity contribution in [2.24, 2.45) is 0 Å². The zero-order valence-electron chi connectivity index (χ0n) is 18.9. The molecule has 0 saturated heterocycles. The Balaban J connectivity index is 1.27. The predicted molar refractivity (Wildman–Crippen MR) is 127 cm³/mol. The van der Waals surface area contributed by atoms with E-state index in [0.717, 1.165) is 57.7 Å². The standard InChI is InChI=1S/C26H23N5O3/c1-15-3-6-19(13-21(15)20-7-4-17(11-16(20)2)24-28-30-31-29-24)27-25(32)26(9-10-26)18-5-8-22-23(12-18)34-14-33-22/h3-8,11-13H,9-10,14H2,1-2H3,(H,27,32)(H,28,29,30,31). The fourth-order valence-corrected chi connectivity index (χ4v) is 4.60. The molecular weight excluding hydrogens is 430 g/mol. The summed E-state index contributed by atoms with van der Waals surface area (Å²) in [4.78, 5) is 13.4. The van der Waals surface area contributed by atoms with E-state index in [1.165, 1.54) is 0 Å². The molecule has 1 aliphatic carbocycles. The SMILES string of the molecule is Cc1cc(-c2nnn[nH]2)ccc1-c1cc(NC(=O)C2(c3ccc4c(c3)OCO4)CC2)ccc1C. The first-order valence-electron chi connectivity index (χ1n) is 11.2. The summed E-state index contributed by atoms with van der Waals surface area (Å²) in [6, 6.07) is 17.9. The lowest BCUT2D eigenvalue weighted by Crippen LogP contribution is -2.27. The molecule has 2 heterocycles. The van der Waals surface area contributed by atoms with Crippen LogP contribution in [0.4, 0.5) is 5.69 Å². The van der Waals surface area contributed by atoms with Gasteiger partial charge in [0, 0.05) is 11.3 Å². The summed E-state index contributed by atoms with van der Waals surface area (Å²) in [5.74, 6) is 2.06. The Bertz CT molecular complexity index is 1410. The number of benzene rings is 3. The molecule has 1 aromatic heterocycles. The van der Waals surface area contributed by atoms with Gasteiger partial charge in [0.25, 0.3) is 0 Å². The van der Waals surface area contributed by atoms with Crippen molar-refractivity contribution < 1.29 is 14.3 Å². The number of nitrogens with zero attached hydrogens (tertiary/aromatic N) is 3. The van der Waals surface area contributed by atoms with Crippen LogP contribution in [0.15, 0.2) is 54.6 Å². The van der Waals surface area contributed by atoms with Gasteiger partial charge in [-0.3, -0.25) is 4.79 Å². The second-order valence-electron chi connectivity index (χ2n) is 8.91. The summed E-state index contributed by atoms with van der Waals surface area (Å²) in [5, 5.41) is 17.2. The molecule has 1 fully saturated rings. The van der Waals surface area contributed by atoms with Crippen molar-refractivity contribution in [2.45, 2.75) is 32.1 Å². The van der Waals surface area contributed by atoms with Gasteiger partial charge in [0.05, 0.1) is 5.41 Å². The molecule has 1 aliphatic heterocycles. The number of anilines is 1. The summed E-state index contributed by atoms with van der Waals surface area (Å²) in [7, 11) is 0. The number of hydrogen-bond acceptors (Lipinski definition) is 6. The highest BCUT2D eigenvalue weighted by Gasteiger charge is 2.51. The molecule has 0 unspecified atom stereocenters. The van der Waals surface area contributed by atoms with Gasteiger partial charge in [-0.1, -0.05) is 24.3 Å². The van der Waals surface area contributed by atoms with Crippen molar-refractivity contribution in [1.82, 2.24) is 20.6 Å². The van der Waals surface area contributed by atoms with E-state index in [2.05, 4.69) is 51.9 Å². The number of aromatic nitrogens is 4. The molecule has 0 bridgehead atoms. The Kier molecular flexibility index (Phi) is 4.62. The Morgan fingerprint density at radius 2 is 1.79 bits per heavy atom. The van der Waals surface area contributed by atoms with Gasteiger partial charge >= 0.3 is 0 Å². The molecule has 8 nitrogen and oxygen atoms in total. The number of ether oxygens (including phenoxy) is 2. The van der Waals surface area contributed by atoms with Crippen LogP contribution in [0.1, 0.15) is 29.5 Å². The van der Waals surface area contributed by atoms with Crippen LogP contribution >= 0.6 is 0 Å². The molecule has 2 aliphatic rings. The largest absolute Gasteiger partial charge is 0.454 e. The second-order valence-corrected chi connectivity index (χ2v) is 8.91. The lowest BCUT2D eigenvalue weighted by molar-refractivity contribution is -0.118. The highest BCUT2D eigenvalue weighted by atomic mass is 16.7. The van der Waals surface area contributed by atoms with Crippen LogP contribution in [0.25, 0.3) is 22.5 Å². The van der Waals surface area contributed by atoms with E-state index in [9.17, 15) is 4.79 Å². The smallest absolute Gasteiger partial charge is 0.235 e. The van der Waals surface area contributed by atoms with Gasteiger partial charge in [0.1, 0.15) is 0 Å². The third kappa shape index (κ3) is 3.39. The highest BCUT2D eigenvalue weighted by Crippen LogP contribution is 2.51. The molecule has 170 valence electrons. The maximum atomic E-state index is 13.4. The van der Waals surface area contributed by atoms with E-state index < -0.39 is 5.41 Å². The quantitative estimate of drug-likeness (QED) is 0.460. The van der Waals surface area contributed by atoms with Crippen LogP contribution in [-0.4, -0.2) is 33.3 Å². The maximum absolute atomic E-state index is 13.4. The van der Waals surface area contributed by atoms with Crippen LogP contribution in [0.2, 0.25) is 0 Å². The summed E-state index contributed by atoms with van der Waals surface area (Å²) in [6.07, 6.45) is 1.63. The predicted octanol–water partition coefficient (Wildman–Crippen LogP) is 4.55. The Morgan fingerprint density at radius 3 is 2.56 bits per heavy atom. The number of carbonyl (C=O) groups is 1. The van der Waals surface area contributed by atoms with Crippen molar-refractivity contribution in [2.75, 3.05) is 12.1 Å². The van der Waals surface area contributed by atoms with Gasteiger partial charge in [-0.25, -0.2) is 5.10 Å². The molecule has 1 amide bonds. The zero-order valence-corrected chi connectivity index (χ0v) is 18.9. The minimum absolute atomic E-state index is 0.00561. The van der Waals surface area contributed by atoms with Crippen molar-refractivity contribution in [3.8, 4) is 34.0 Å². The summed E-state index contributed by atoms with van der Waals surface area (Å²) in [6.45, 7) is 4.36. The van der Waals surface area contributed by atoms with Gasteiger partial charge in [-0.05, 0) is 95.3 Å². The number of tetrazole rings is 1. The van der Waals surface area contributed by atoms with Gasteiger partial charge in [0.15, 0.2) is 17.3 Å². The number of H-pyrrole nitrogens is 1. The number of carbonyl (C=O) groups excluding carboxylic acids is 1. The average Bonchev–Trinajstić information content (AvgIpc) is 3.24. The van der Waals surface area contributed by atoms with E-state index in [4.69, 9.17) is 9.47 Å². The van der Waals surface area contributed by atoms with Crippen molar-refractivity contribution in [1.29, 1.82) is 0 Å². The molecule has 6 rings (SSSR count). The van der Waals surface area contributed by atoms with E-state index >= 15 is 0 Å². The Morgan fingerprint density at radius 1 is 0.941 bits per heavy atom. The summed E-state index contributed by atoms with van der Waals surface area (Å²) >= 11 is 0. The molecule has 3 aromatic carbocycles. The second kappa shape index (κ2) is 7.69. The number of aromatic amines is 1. The van der Waals surface area contributed by atoms with Gasteiger partial charge in [-0.2, -0.15) is 0 Å². The van der Waals surface area contributed by atoms with Crippen LogP contribution in [0, 0.1) is 13.8 Å². The fraction of sp³-hybridized carbons (Fsp3) is 0.231. The van der Waals surface area contributed by atoms with E-state index in [-0.39, 0.29) is 12.7 Å². The molecule has 0 radical (unpaired) electrons. The van der Waals surface area contributed by atoms with Crippen LogP contribution in [0.3, 0.4) is 0 Å². The van der Waals surface area contributed by atoms with Gasteiger partial charge in [-0.15, -0.1) is 5.10 Å². The zero-order chi connectivity index (χ0) is 23.3. The van der Waals surface area contributed by atoms with Crippen molar-refractivity contribution in [3.05, 3.63) is 71.3 Å². The number of rotatable bonds is 5. The van der Waals surface area contributed by atoms with Crippen molar-refractivity contribution in [3.63, 3.8) is 0 Å². The lowest BCUT2D eigenvalue weighted by atomic mass is 9.93. The normalized spacial score (nSPS) is 15.2. The molecule has 2 N–H and O–H groups in total. The molecule has 8 heteroatoms. The molecule has 0 spiro atoms. The van der Waals surface area contributed by atoms with E-state index in [1.54, 1.807) is 0 Å². The molecule has 0 atom stereocenters. The topological polar surface area (TPSA) is 102 Å².